The van der Waals surface area contributed by atoms with Crippen LogP contribution in [0.1, 0.15) is 5.56 Å². The van der Waals surface area contributed by atoms with Crippen molar-refractivity contribution in [1.82, 2.24) is 0 Å². The van der Waals surface area contributed by atoms with E-state index in [2.05, 4.69) is 61.5 Å². The molecule has 0 aromatic heterocycles. The van der Waals surface area contributed by atoms with E-state index in [0.717, 1.165) is 0 Å². The lowest BCUT2D eigenvalue weighted by atomic mass is 10.1. The van der Waals surface area contributed by atoms with E-state index in [1.165, 1.54) is 12.7 Å². The summed E-state index contributed by atoms with van der Waals surface area (Å²) in [7, 11) is -7.42. The Balaban J connectivity index is 0.000000314. The van der Waals surface area contributed by atoms with Crippen molar-refractivity contribution >= 4 is 10.1 Å². The molecule has 0 spiro atoms. The zero-order valence-corrected chi connectivity index (χ0v) is 18.1. The first-order valence-corrected chi connectivity index (χ1v) is 11.3. The Kier molecular flexibility index (Phi) is 8.44. The highest BCUT2D eigenvalue weighted by atomic mass is 127. The second kappa shape index (κ2) is 9.52. The monoisotopic (exact) mass is 594 g/mol. The Bertz CT molecular complexity index is 961. The minimum Gasteiger partial charge on any atom is -0.743 e. The third kappa shape index (κ3) is 6.25. The summed E-state index contributed by atoms with van der Waals surface area (Å²) in [5.41, 5.74) is 1.34. The van der Waals surface area contributed by atoms with Gasteiger partial charge in [-0.05, 0) is 31.2 Å². The van der Waals surface area contributed by atoms with Crippen LogP contribution in [-0.2, 0) is 10.1 Å². The molecule has 2 aromatic rings. The number of aryl methyl sites for hydroxylation is 1. The van der Waals surface area contributed by atoms with Gasteiger partial charge in [0.25, 0.3) is 0 Å². The van der Waals surface area contributed by atoms with Gasteiger partial charge in [0, 0.05) is 0 Å². The summed E-state index contributed by atoms with van der Waals surface area (Å²) < 4.78 is 138. The summed E-state index contributed by atoms with van der Waals surface area (Å²) in [4.78, 5) is 0. The fraction of sp³-hybridized carbons (Fsp3) is 0.294. The highest BCUT2D eigenvalue weighted by molar-refractivity contribution is 7.86. The topological polar surface area (TPSA) is 57.2 Å². The maximum atomic E-state index is 12.2. The van der Waals surface area contributed by atoms with Gasteiger partial charge >= 0.3 is 44.5 Å². The number of alkyl halides is 9. The highest BCUT2D eigenvalue weighted by Gasteiger charge is 2.83. The van der Waals surface area contributed by atoms with Crippen molar-refractivity contribution in [2.45, 2.75) is 30.2 Å². The van der Waals surface area contributed by atoms with Crippen LogP contribution in [0.5, 0.6) is 0 Å². The number of hydrogen-bond acceptors (Lipinski definition) is 3. The van der Waals surface area contributed by atoms with E-state index in [1.807, 2.05) is 0 Å². The zero-order valence-electron chi connectivity index (χ0n) is 15.1. The van der Waals surface area contributed by atoms with Crippen molar-refractivity contribution < 1.29 is 73.7 Å². The molecule has 14 heteroatoms. The van der Waals surface area contributed by atoms with E-state index in [-0.39, 0.29) is 21.2 Å². The van der Waals surface area contributed by atoms with Gasteiger partial charge in [-0.25, -0.2) is 8.42 Å². The minimum atomic E-state index is -7.43. The van der Waals surface area contributed by atoms with Gasteiger partial charge in [0.1, 0.15) is 0 Å². The molecule has 31 heavy (non-hydrogen) atoms. The first-order chi connectivity index (χ1) is 13.8. The van der Waals surface area contributed by atoms with E-state index >= 15 is 0 Å². The molecule has 0 aliphatic rings. The van der Waals surface area contributed by atoms with Crippen molar-refractivity contribution in [2.75, 3.05) is 0 Å². The van der Waals surface area contributed by atoms with Gasteiger partial charge < -0.3 is 4.55 Å². The van der Waals surface area contributed by atoms with Crippen LogP contribution in [0.4, 0.5) is 39.5 Å². The molecule has 2 aromatic carbocycles. The predicted molar refractivity (Wildman–Crippen MR) is 85.6 cm³/mol. The van der Waals surface area contributed by atoms with Crippen molar-refractivity contribution in [3.63, 3.8) is 0 Å². The third-order valence-corrected chi connectivity index (χ3v) is 6.96. The Labute approximate surface area is 181 Å². The van der Waals surface area contributed by atoms with Gasteiger partial charge in [-0.1, -0.05) is 35.9 Å². The molecular weight excluding hydrogens is 582 g/mol. The van der Waals surface area contributed by atoms with Gasteiger partial charge in [0.15, 0.2) is 17.3 Å². The molecule has 0 amide bonds. The van der Waals surface area contributed by atoms with Crippen LogP contribution in [0.3, 0.4) is 0 Å². The SMILES string of the molecule is Cc1ccc([I+]c2ccccc2)cc1.O=S(=O)([O-])C(F)(F)C(F)(F)C(F)(F)C(F)(F)F. The normalized spacial score (nSPS) is 13.4. The van der Waals surface area contributed by atoms with E-state index in [4.69, 9.17) is 0 Å². The lowest BCUT2D eigenvalue weighted by Crippen LogP contribution is -3.61. The van der Waals surface area contributed by atoms with Crippen molar-refractivity contribution in [2.24, 2.45) is 0 Å². The molecule has 174 valence electrons. The van der Waals surface area contributed by atoms with Crippen LogP contribution in [0.2, 0.25) is 0 Å². The maximum absolute atomic E-state index is 12.2. The average molecular weight is 594 g/mol. The van der Waals surface area contributed by atoms with Gasteiger partial charge in [0.2, 0.25) is 0 Å². The first-order valence-electron chi connectivity index (χ1n) is 7.76. The minimum absolute atomic E-state index is 0.0159. The van der Waals surface area contributed by atoms with Crippen molar-refractivity contribution in [3.8, 4) is 0 Å². The number of halogens is 10. The summed E-state index contributed by atoms with van der Waals surface area (Å²) in [5, 5.41) is -7.11. The molecule has 3 nitrogen and oxygen atoms in total. The average Bonchev–Trinajstić information content (AvgIpc) is 2.63. The Hall–Kier alpha value is -1.55. The molecule has 0 aliphatic heterocycles. The number of rotatable bonds is 5. The van der Waals surface area contributed by atoms with E-state index in [1.54, 1.807) is 0 Å². The highest BCUT2D eigenvalue weighted by Crippen LogP contribution is 2.54. The largest absolute Gasteiger partial charge is 0.743 e. The second-order valence-electron chi connectivity index (χ2n) is 5.80. The summed E-state index contributed by atoms with van der Waals surface area (Å²) in [6, 6.07) is 19.6. The van der Waals surface area contributed by atoms with Crippen LogP contribution in [-0.4, -0.2) is 36.2 Å². The molecule has 0 aliphatic carbocycles. The Morgan fingerprint density at radius 1 is 0.710 bits per heavy atom. The van der Waals surface area contributed by atoms with E-state index in [9.17, 15) is 52.5 Å². The smallest absolute Gasteiger partial charge is 0.460 e. The maximum Gasteiger partial charge on any atom is 0.460 e. The molecule has 0 saturated heterocycles. The van der Waals surface area contributed by atoms with Gasteiger partial charge in [-0.2, -0.15) is 39.5 Å². The summed E-state index contributed by atoms with van der Waals surface area (Å²) >= 11 is 0.0159. The molecule has 2 rings (SSSR count). The third-order valence-electron chi connectivity index (χ3n) is 3.39. The second-order valence-corrected chi connectivity index (χ2v) is 10.3. The van der Waals surface area contributed by atoms with Crippen LogP contribution in [0.15, 0.2) is 54.6 Å². The molecule has 0 unspecified atom stereocenters. The molecular formula is C17H12F9IO3S. The van der Waals surface area contributed by atoms with Gasteiger partial charge in [0.05, 0.1) is 0 Å². The van der Waals surface area contributed by atoms with Crippen molar-refractivity contribution in [1.29, 1.82) is 0 Å². The molecule has 0 N–H and O–H groups in total. The number of hydrogen-bond donors (Lipinski definition) is 0. The molecule has 0 saturated carbocycles. The number of benzene rings is 2. The fourth-order valence-electron chi connectivity index (χ4n) is 1.72. The predicted octanol–water partition coefficient (Wildman–Crippen LogP) is 2.08. The van der Waals surface area contributed by atoms with Gasteiger partial charge in [-0.3, -0.25) is 0 Å². The zero-order chi connectivity index (χ0) is 24.3. The lowest BCUT2D eigenvalue weighted by Gasteiger charge is -2.34. The lowest BCUT2D eigenvalue weighted by molar-refractivity contribution is -0.597. The van der Waals surface area contributed by atoms with Crippen LogP contribution >= 0.6 is 0 Å². The summed E-state index contributed by atoms with van der Waals surface area (Å²) in [5.74, 6) is -14.8. The molecule has 0 heterocycles. The first kappa shape index (κ1) is 27.5. The summed E-state index contributed by atoms with van der Waals surface area (Å²) in [6.07, 6.45) is -7.16. The quantitative estimate of drug-likeness (QED) is 0.303. The Morgan fingerprint density at radius 2 is 1.13 bits per heavy atom. The van der Waals surface area contributed by atoms with Crippen molar-refractivity contribution in [3.05, 3.63) is 67.3 Å². The van der Waals surface area contributed by atoms with E-state index < -0.39 is 33.4 Å². The molecule has 0 atom stereocenters. The Morgan fingerprint density at radius 3 is 1.52 bits per heavy atom. The molecule has 0 fully saturated rings. The molecule has 0 bridgehead atoms. The van der Waals surface area contributed by atoms with Crippen LogP contribution in [0, 0.1) is 14.1 Å². The summed E-state index contributed by atoms with van der Waals surface area (Å²) in [6.45, 7) is 2.13. The molecule has 0 radical (unpaired) electrons. The fourth-order valence-corrected chi connectivity index (χ4v) is 4.37. The van der Waals surface area contributed by atoms with Crippen LogP contribution in [0.25, 0.3) is 0 Å². The van der Waals surface area contributed by atoms with Crippen LogP contribution < -0.4 is 21.2 Å². The van der Waals surface area contributed by atoms with E-state index in [0.29, 0.717) is 0 Å². The van der Waals surface area contributed by atoms with Gasteiger partial charge in [-0.15, -0.1) is 0 Å². The standard InChI is InChI=1S/C13H12I.C4HF9O3S/c1-11-7-9-13(10-8-11)14-12-5-3-2-4-6-12;5-1(6,3(9,10)11)2(7,8)4(12,13)17(14,15)16/h2-10H,1H3;(H,14,15,16)/q+1;/p-1.